The van der Waals surface area contributed by atoms with Gasteiger partial charge in [0, 0.05) is 6.54 Å². The number of aromatic nitrogens is 3. The molecule has 14 heavy (non-hydrogen) atoms. The summed E-state index contributed by atoms with van der Waals surface area (Å²) in [5, 5.41) is 3.66. The first-order chi connectivity index (χ1) is 6.81. The second-order valence-electron chi connectivity index (χ2n) is 2.77. The minimum Gasteiger partial charge on any atom is -0.451 e. The number of oxazole rings is 1. The van der Waals surface area contributed by atoms with Crippen molar-refractivity contribution in [2.24, 2.45) is 0 Å². The molecule has 0 bridgehead atoms. The van der Waals surface area contributed by atoms with Crippen LogP contribution in [0.1, 0.15) is 18.4 Å². The quantitative estimate of drug-likeness (QED) is 0.710. The molecule has 0 aliphatic heterocycles. The lowest BCUT2D eigenvalue weighted by Crippen LogP contribution is -2.15. The zero-order valence-electron chi connectivity index (χ0n) is 7.64. The van der Waals surface area contributed by atoms with Crippen molar-refractivity contribution in [2.45, 2.75) is 19.9 Å². The SMILES string of the molecule is CCn1c(Cc2cocn2)noc1=O. The molecule has 2 heterocycles. The maximum atomic E-state index is 11.1. The van der Waals surface area contributed by atoms with Crippen LogP contribution in [0.15, 0.2) is 26.4 Å². The summed E-state index contributed by atoms with van der Waals surface area (Å²) in [6, 6.07) is 0. The smallest absolute Gasteiger partial charge is 0.441 e. The van der Waals surface area contributed by atoms with E-state index in [0.29, 0.717) is 18.8 Å². The van der Waals surface area contributed by atoms with Gasteiger partial charge in [0.2, 0.25) is 0 Å². The third-order valence-electron chi connectivity index (χ3n) is 1.90. The Hall–Kier alpha value is -1.85. The van der Waals surface area contributed by atoms with Crippen LogP contribution in [0, 0.1) is 0 Å². The molecule has 0 fully saturated rings. The van der Waals surface area contributed by atoms with E-state index in [1.807, 2.05) is 6.92 Å². The van der Waals surface area contributed by atoms with E-state index in [4.69, 9.17) is 4.42 Å². The first-order valence-electron chi connectivity index (χ1n) is 4.23. The number of hydrogen-bond donors (Lipinski definition) is 0. The Kier molecular flexibility index (Phi) is 2.18. The van der Waals surface area contributed by atoms with Crippen LogP contribution in [0.25, 0.3) is 0 Å². The highest BCUT2D eigenvalue weighted by Gasteiger charge is 2.10. The first kappa shape index (κ1) is 8.74. The highest BCUT2D eigenvalue weighted by molar-refractivity contribution is 5.02. The van der Waals surface area contributed by atoms with Crippen LogP contribution in [-0.2, 0) is 13.0 Å². The molecule has 74 valence electrons. The molecular formula is C8H9N3O3. The molecule has 0 radical (unpaired) electrons. The topological polar surface area (TPSA) is 74.1 Å². The van der Waals surface area contributed by atoms with Crippen molar-refractivity contribution in [3.8, 4) is 0 Å². The number of hydrogen-bond acceptors (Lipinski definition) is 5. The van der Waals surface area contributed by atoms with E-state index in [1.165, 1.54) is 17.2 Å². The summed E-state index contributed by atoms with van der Waals surface area (Å²) in [5.41, 5.74) is 0.723. The average Bonchev–Trinajstić information content (AvgIpc) is 2.77. The molecule has 6 nitrogen and oxygen atoms in total. The molecule has 0 atom stereocenters. The van der Waals surface area contributed by atoms with Gasteiger partial charge in [-0.1, -0.05) is 5.16 Å². The van der Waals surface area contributed by atoms with Crippen molar-refractivity contribution >= 4 is 0 Å². The Labute approximate surface area is 79.2 Å². The summed E-state index contributed by atoms with van der Waals surface area (Å²) in [5.74, 6) is 0.123. The van der Waals surface area contributed by atoms with Crippen LogP contribution in [0.5, 0.6) is 0 Å². The van der Waals surface area contributed by atoms with Crippen LogP contribution in [0.4, 0.5) is 0 Å². The summed E-state index contributed by atoms with van der Waals surface area (Å²) >= 11 is 0. The monoisotopic (exact) mass is 195 g/mol. The molecule has 0 unspecified atom stereocenters. The zero-order chi connectivity index (χ0) is 9.97. The minimum absolute atomic E-state index is 0.439. The highest BCUT2D eigenvalue weighted by Crippen LogP contribution is 2.03. The molecule has 0 saturated heterocycles. The minimum atomic E-state index is -0.439. The normalized spacial score (nSPS) is 10.6. The predicted octanol–water partition coefficient (Wildman–Crippen LogP) is 0.435. The van der Waals surface area contributed by atoms with Crippen molar-refractivity contribution in [2.75, 3.05) is 0 Å². The van der Waals surface area contributed by atoms with Gasteiger partial charge in [-0.05, 0) is 6.92 Å². The Morgan fingerprint density at radius 2 is 2.43 bits per heavy atom. The third kappa shape index (κ3) is 1.46. The molecule has 2 aromatic rings. The Balaban J connectivity index is 2.29. The second kappa shape index (κ2) is 3.49. The Bertz CT molecular complexity index is 454. The molecule has 0 amide bonds. The summed E-state index contributed by atoms with van der Waals surface area (Å²) in [6.07, 6.45) is 3.29. The highest BCUT2D eigenvalue weighted by atomic mass is 16.5. The van der Waals surface area contributed by atoms with Crippen molar-refractivity contribution < 1.29 is 8.94 Å². The number of rotatable bonds is 3. The Morgan fingerprint density at radius 3 is 3.07 bits per heavy atom. The second-order valence-corrected chi connectivity index (χ2v) is 2.77. The lowest BCUT2D eigenvalue weighted by molar-refractivity contribution is 0.374. The predicted molar refractivity (Wildman–Crippen MR) is 45.7 cm³/mol. The van der Waals surface area contributed by atoms with Gasteiger partial charge >= 0.3 is 5.76 Å². The summed E-state index contributed by atoms with van der Waals surface area (Å²) in [7, 11) is 0. The molecule has 0 spiro atoms. The molecular weight excluding hydrogens is 186 g/mol. The molecule has 0 N–H and O–H groups in total. The summed E-state index contributed by atoms with van der Waals surface area (Å²) in [4.78, 5) is 15.0. The van der Waals surface area contributed by atoms with Crippen molar-refractivity contribution in [1.29, 1.82) is 0 Å². The van der Waals surface area contributed by atoms with Crippen LogP contribution >= 0.6 is 0 Å². The maximum Gasteiger partial charge on any atom is 0.441 e. The van der Waals surface area contributed by atoms with Gasteiger partial charge in [0.05, 0.1) is 12.1 Å². The van der Waals surface area contributed by atoms with E-state index < -0.39 is 5.76 Å². The molecule has 0 aliphatic rings. The largest absolute Gasteiger partial charge is 0.451 e. The zero-order valence-corrected chi connectivity index (χ0v) is 7.64. The van der Waals surface area contributed by atoms with Gasteiger partial charge in [0.15, 0.2) is 12.2 Å². The fourth-order valence-electron chi connectivity index (χ4n) is 1.22. The molecule has 2 rings (SSSR count). The van der Waals surface area contributed by atoms with Gasteiger partial charge in [-0.15, -0.1) is 0 Å². The molecule has 6 heteroatoms. The van der Waals surface area contributed by atoms with Crippen LogP contribution < -0.4 is 5.76 Å². The van der Waals surface area contributed by atoms with Crippen LogP contribution in [0.2, 0.25) is 0 Å². The van der Waals surface area contributed by atoms with Gasteiger partial charge in [-0.25, -0.2) is 9.78 Å². The van der Waals surface area contributed by atoms with E-state index in [9.17, 15) is 4.79 Å². The number of nitrogens with zero attached hydrogens (tertiary/aromatic N) is 3. The van der Waals surface area contributed by atoms with Crippen LogP contribution in [-0.4, -0.2) is 14.7 Å². The third-order valence-corrected chi connectivity index (χ3v) is 1.90. The van der Waals surface area contributed by atoms with Gasteiger partial charge < -0.3 is 4.42 Å². The molecule has 0 aliphatic carbocycles. The lowest BCUT2D eigenvalue weighted by Gasteiger charge is -1.96. The van der Waals surface area contributed by atoms with E-state index in [2.05, 4.69) is 14.7 Å². The maximum absolute atomic E-state index is 11.1. The van der Waals surface area contributed by atoms with Crippen molar-refractivity contribution in [1.82, 2.24) is 14.7 Å². The Morgan fingerprint density at radius 1 is 1.57 bits per heavy atom. The molecule has 0 aromatic carbocycles. The van der Waals surface area contributed by atoms with Gasteiger partial charge in [0.1, 0.15) is 6.26 Å². The summed E-state index contributed by atoms with van der Waals surface area (Å²) in [6.45, 7) is 2.39. The van der Waals surface area contributed by atoms with Gasteiger partial charge in [-0.2, -0.15) is 0 Å². The van der Waals surface area contributed by atoms with E-state index >= 15 is 0 Å². The summed E-state index contributed by atoms with van der Waals surface area (Å²) < 4.78 is 10.8. The van der Waals surface area contributed by atoms with E-state index in [0.717, 1.165) is 5.69 Å². The lowest BCUT2D eigenvalue weighted by atomic mass is 10.3. The van der Waals surface area contributed by atoms with Crippen molar-refractivity contribution in [3.05, 3.63) is 34.7 Å². The van der Waals surface area contributed by atoms with E-state index in [-0.39, 0.29) is 0 Å². The van der Waals surface area contributed by atoms with Gasteiger partial charge in [-0.3, -0.25) is 9.09 Å². The average molecular weight is 195 g/mol. The fourth-order valence-corrected chi connectivity index (χ4v) is 1.22. The van der Waals surface area contributed by atoms with E-state index in [1.54, 1.807) is 0 Å². The molecule has 2 aromatic heterocycles. The first-order valence-corrected chi connectivity index (χ1v) is 4.23. The van der Waals surface area contributed by atoms with Gasteiger partial charge in [0.25, 0.3) is 0 Å². The van der Waals surface area contributed by atoms with Crippen LogP contribution in [0.3, 0.4) is 0 Å². The fraction of sp³-hybridized carbons (Fsp3) is 0.375. The molecule has 0 saturated carbocycles. The standard InChI is InChI=1S/C8H9N3O3/c1-2-11-7(10-14-8(11)12)3-6-4-13-5-9-6/h4-5H,2-3H2,1H3. The van der Waals surface area contributed by atoms with Crippen molar-refractivity contribution in [3.63, 3.8) is 0 Å².